The number of hydrogen-bond donors (Lipinski definition) is 1. The summed E-state index contributed by atoms with van der Waals surface area (Å²) in [5.41, 5.74) is 1.38. The number of halogens is 1. The molecule has 3 aromatic carbocycles. The highest BCUT2D eigenvalue weighted by atomic mass is 35.5. The van der Waals surface area contributed by atoms with E-state index in [1.807, 2.05) is 6.07 Å². The van der Waals surface area contributed by atoms with Crippen molar-refractivity contribution in [3.8, 4) is 11.5 Å². The Bertz CT molecular complexity index is 1220. The second-order valence-corrected chi connectivity index (χ2v) is 9.05. The topological polar surface area (TPSA) is 84.9 Å². The quantitative estimate of drug-likeness (QED) is 0.522. The molecule has 0 atom stereocenters. The van der Waals surface area contributed by atoms with Crippen LogP contribution in [-0.4, -0.2) is 40.5 Å². The van der Waals surface area contributed by atoms with Crippen molar-refractivity contribution in [3.63, 3.8) is 0 Å². The van der Waals surface area contributed by atoms with Gasteiger partial charge in [0.15, 0.2) is 11.5 Å². The number of amides is 1. The average Bonchev–Trinajstić information content (AvgIpc) is 2.80. The van der Waals surface area contributed by atoms with Crippen LogP contribution in [0, 0.1) is 0 Å². The number of nitrogens with zero attached hydrogens (tertiary/aromatic N) is 1. The molecule has 0 fully saturated rings. The number of benzene rings is 3. The largest absolute Gasteiger partial charge is 0.493 e. The van der Waals surface area contributed by atoms with Crippen LogP contribution < -0.4 is 14.2 Å². The van der Waals surface area contributed by atoms with Crippen molar-refractivity contribution in [2.45, 2.75) is 11.4 Å². The maximum absolute atomic E-state index is 12.9. The highest BCUT2D eigenvalue weighted by Gasteiger charge is 2.18. The molecular weight excluding hydrogens is 452 g/mol. The third-order valence-electron chi connectivity index (χ3n) is 4.73. The number of hydrogen-bond acceptors (Lipinski definition) is 5. The summed E-state index contributed by atoms with van der Waals surface area (Å²) in [7, 11) is 0.979. The molecule has 3 rings (SSSR count). The molecule has 0 heterocycles. The van der Waals surface area contributed by atoms with Crippen LogP contribution >= 0.6 is 11.6 Å². The van der Waals surface area contributed by atoms with Crippen LogP contribution in [0.4, 0.5) is 5.69 Å². The highest BCUT2D eigenvalue weighted by Crippen LogP contribution is 2.29. The van der Waals surface area contributed by atoms with Gasteiger partial charge in [0.1, 0.15) is 0 Å². The molecule has 0 aliphatic rings. The van der Waals surface area contributed by atoms with Gasteiger partial charge in [0.25, 0.3) is 15.9 Å². The lowest BCUT2D eigenvalue weighted by molar-refractivity contribution is 0.0785. The predicted octanol–water partition coefficient (Wildman–Crippen LogP) is 4.43. The summed E-state index contributed by atoms with van der Waals surface area (Å²) in [5, 5.41) is 0.120. The number of nitrogens with one attached hydrogen (secondary N) is 1. The molecule has 0 aromatic heterocycles. The van der Waals surface area contributed by atoms with E-state index in [-0.39, 0.29) is 21.5 Å². The first-order valence-corrected chi connectivity index (χ1v) is 11.4. The third kappa shape index (κ3) is 5.33. The molecule has 3 aromatic rings. The van der Waals surface area contributed by atoms with Gasteiger partial charge in [0.05, 0.1) is 29.8 Å². The number of rotatable bonds is 8. The SMILES string of the molecule is COc1ccc(CN(C)C(=O)c2ccc(NS(=O)(=O)c3ccccc3)c(Cl)c2)cc1OC. The van der Waals surface area contributed by atoms with Crippen LogP contribution in [-0.2, 0) is 16.6 Å². The zero-order valence-corrected chi connectivity index (χ0v) is 19.4. The number of carbonyl (C=O) groups excluding carboxylic acids is 1. The number of sulfonamides is 1. The predicted molar refractivity (Wildman–Crippen MR) is 124 cm³/mol. The lowest BCUT2D eigenvalue weighted by Crippen LogP contribution is -2.26. The van der Waals surface area contributed by atoms with Gasteiger partial charge in [0, 0.05) is 19.2 Å². The first-order chi connectivity index (χ1) is 15.2. The number of carbonyl (C=O) groups is 1. The summed E-state index contributed by atoms with van der Waals surface area (Å²) >= 11 is 6.28. The average molecular weight is 475 g/mol. The van der Waals surface area contributed by atoms with Gasteiger partial charge in [-0.15, -0.1) is 0 Å². The third-order valence-corrected chi connectivity index (χ3v) is 6.42. The van der Waals surface area contributed by atoms with Crippen molar-refractivity contribution >= 4 is 33.2 Å². The summed E-state index contributed by atoms with van der Waals surface area (Å²) in [6.45, 7) is 0.333. The van der Waals surface area contributed by atoms with E-state index in [0.29, 0.717) is 23.6 Å². The Morgan fingerprint density at radius 3 is 2.28 bits per heavy atom. The molecule has 0 aliphatic carbocycles. The fourth-order valence-corrected chi connectivity index (χ4v) is 4.46. The van der Waals surface area contributed by atoms with Crippen LogP contribution in [0.1, 0.15) is 15.9 Å². The second-order valence-electron chi connectivity index (χ2n) is 6.96. The van der Waals surface area contributed by atoms with Crippen molar-refractivity contribution in [1.29, 1.82) is 0 Å². The highest BCUT2D eigenvalue weighted by molar-refractivity contribution is 7.92. The molecule has 0 spiro atoms. The van der Waals surface area contributed by atoms with E-state index in [2.05, 4.69) is 4.72 Å². The maximum Gasteiger partial charge on any atom is 0.261 e. The van der Waals surface area contributed by atoms with E-state index in [1.165, 1.54) is 35.2 Å². The molecule has 9 heteroatoms. The van der Waals surface area contributed by atoms with Gasteiger partial charge in [0.2, 0.25) is 0 Å². The van der Waals surface area contributed by atoms with E-state index >= 15 is 0 Å². The Kier molecular flexibility index (Phi) is 7.27. The molecular formula is C23H23ClN2O5S. The van der Waals surface area contributed by atoms with Crippen LogP contribution in [0.15, 0.2) is 71.6 Å². The van der Waals surface area contributed by atoms with E-state index in [1.54, 1.807) is 51.6 Å². The minimum atomic E-state index is -3.79. The molecule has 0 radical (unpaired) electrons. The van der Waals surface area contributed by atoms with Gasteiger partial charge in [-0.05, 0) is 48.0 Å². The molecule has 0 aliphatic heterocycles. The van der Waals surface area contributed by atoms with E-state index in [9.17, 15) is 13.2 Å². The Morgan fingerprint density at radius 1 is 0.969 bits per heavy atom. The molecule has 168 valence electrons. The molecule has 0 unspecified atom stereocenters. The van der Waals surface area contributed by atoms with Gasteiger partial charge in [-0.2, -0.15) is 0 Å². The molecule has 32 heavy (non-hydrogen) atoms. The first kappa shape index (κ1) is 23.4. The van der Waals surface area contributed by atoms with Gasteiger partial charge in [-0.25, -0.2) is 8.42 Å². The van der Waals surface area contributed by atoms with Crippen molar-refractivity contribution in [2.75, 3.05) is 26.0 Å². The summed E-state index contributed by atoms with van der Waals surface area (Å²) < 4.78 is 38.0. The maximum atomic E-state index is 12.9. The van der Waals surface area contributed by atoms with Crippen LogP contribution in [0.3, 0.4) is 0 Å². The Labute approximate surface area is 192 Å². The van der Waals surface area contributed by atoms with E-state index < -0.39 is 10.0 Å². The molecule has 0 saturated heterocycles. The summed E-state index contributed by atoms with van der Waals surface area (Å²) in [6.07, 6.45) is 0. The monoisotopic (exact) mass is 474 g/mol. The normalized spacial score (nSPS) is 11.0. The lowest BCUT2D eigenvalue weighted by atomic mass is 10.1. The molecule has 0 saturated carbocycles. The van der Waals surface area contributed by atoms with Gasteiger partial charge < -0.3 is 14.4 Å². The van der Waals surface area contributed by atoms with Gasteiger partial charge in [-0.3, -0.25) is 9.52 Å². The number of ether oxygens (including phenoxy) is 2. The number of methoxy groups -OCH3 is 2. The standard InChI is InChI=1S/C23H23ClN2O5S/c1-26(15-16-9-12-21(30-2)22(13-16)31-3)23(27)17-10-11-20(19(24)14-17)25-32(28,29)18-7-5-4-6-8-18/h4-14,25H,15H2,1-3H3. The molecule has 1 amide bonds. The summed E-state index contributed by atoms with van der Waals surface area (Å²) in [4.78, 5) is 14.5. The minimum absolute atomic E-state index is 0.117. The Hall–Kier alpha value is -3.23. The fourth-order valence-electron chi connectivity index (χ4n) is 3.08. The first-order valence-electron chi connectivity index (χ1n) is 9.59. The smallest absolute Gasteiger partial charge is 0.261 e. The number of anilines is 1. The van der Waals surface area contributed by atoms with Gasteiger partial charge >= 0.3 is 0 Å². The molecule has 0 bridgehead atoms. The van der Waals surface area contributed by atoms with Gasteiger partial charge in [-0.1, -0.05) is 35.9 Å². The van der Waals surface area contributed by atoms with Crippen molar-refractivity contribution in [3.05, 3.63) is 82.9 Å². The summed E-state index contributed by atoms with van der Waals surface area (Å²) in [6, 6.07) is 17.8. The van der Waals surface area contributed by atoms with Crippen molar-refractivity contribution < 1.29 is 22.7 Å². The van der Waals surface area contributed by atoms with Crippen LogP contribution in [0.5, 0.6) is 11.5 Å². The van der Waals surface area contributed by atoms with Crippen LogP contribution in [0.2, 0.25) is 5.02 Å². The molecule has 1 N–H and O–H groups in total. The van der Waals surface area contributed by atoms with Crippen molar-refractivity contribution in [1.82, 2.24) is 4.90 Å². The van der Waals surface area contributed by atoms with Crippen LogP contribution in [0.25, 0.3) is 0 Å². The Morgan fingerprint density at radius 2 is 1.66 bits per heavy atom. The molecule has 7 nitrogen and oxygen atoms in total. The van der Waals surface area contributed by atoms with Crippen molar-refractivity contribution in [2.24, 2.45) is 0 Å². The zero-order valence-electron chi connectivity index (χ0n) is 17.8. The summed E-state index contributed by atoms with van der Waals surface area (Å²) in [5.74, 6) is 0.911. The van der Waals surface area contributed by atoms with E-state index in [0.717, 1.165) is 5.56 Å². The lowest BCUT2D eigenvalue weighted by Gasteiger charge is -2.19. The van der Waals surface area contributed by atoms with E-state index in [4.69, 9.17) is 21.1 Å². The second kappa shape index (κ2) is 9.93. The zero-order chi connectivity index (χ0) is 23.3. The Balaban J connectivity index is 1.74. The minimum Gasteiger partial charge on any atom is -0.493 e. The fraction of sp³-hybridized carbons (Fsp3) is 0.174.